The Hall–Kier alpha value is -1.36. The fraction of sp³-hybridized carbons (Fsp3) is 0.733. The molecule has 1 aliphatic rings. The van der Waals surface area contributed by atoms with Crippen LogP contribution in [0.2, 0.25) is 0 Å². The van der Waals surface area contributed by atoms with E-state index in [1.165, 1.54) is 0 Å². The first kappa shape index (κ1) is 15.0. The highest BCUT2D eigenvalue weighted by atomic mass is 16.6. The van der Waals surface area contributed by atoms with Crippen molar-refractivity contribution >= 4 is 5.82 Å². The molecule has 2 rings (SSSR count). The highest BCUT2D eigenvalue weighted by Crippen LogP contribution is 2.28. The second-order valence-corrected chi connectivity index (χ2v) is 6.28. The summed E-state index contributed by atoms with van der Waals surface area (Å²) in [5.74, 6) is 2.36. The Morgan fingerprint density at radius 2 is 2.00 bits per heavy atom. The Morgan fingerprint density at radius 3 is 2.50 bits per heavy atom. The van der Waals surface area contributed by atoms with Gasteiger partial charge in [-0.15, -0.1) is 0 Å². The zero-order valence-corrected chi connectivity index (χ0v) is 13.1. The number of nitrogens with zero attached hydrogens (tertiary/aromatic N) is 2. The summed E-state index contributed by atoms with van der Waals surface area (Å²) in [4.78, 5) is 9.26. The molecule has 0 unspecified atom stereocenters. The molecule has 112 valence electrons. The van der Waals surface area contributed by atoms with Crippen LogP contribution in [0.25, 0.3) is 0 Å². The number of nitrogens with one attached hydrogen (secondary N) is 1. The van der Waals surface area contributed by atoms with E-state index in [1.807, 2.05) is 6.92 Å². The lowest BCUT2D eigenvalue weighted by atomic mass is 9.95. The fourth-order valence-electron chi connectivity index (χ4n) is 1.80. The minimum atomic E-state index is -0.107. The SMILES string of the molecule is CCCNc1nc(C(C)(C)C)nc(OC2COC2)c1C. The molecule has 1 aromatic rings. The summed E-state index contributed by atoms with van der Waals surface area (Å²) >= 11 is 0. The van der Waals surface area contributed by atoms with Crippen molar-refractivity contribution < 1.29 is 9.47 Å². The Bertz CT molecular complexity index is 465. The van der Waals surface area contributed by atoms with Gasteiger partial charge in [-0.2, -0.15) is 4.98 Å². The summed E-state index contributed by atoms with van der Waals surface area (Å²) in [6.07, 6.45) is 1.18. The predicted molar refractivity (Wildman–Crippen MR) is 79.5 cm³/mol. The van der Waals surface area contributed by atoms with Gasteiger partial charge in [0.05, 0.1) is 18.8 Å². The summed E-state index contributed by atoms with van der Waals surface area (Å²) in [6, 6.07) is 0. The van der Waals surface area contributed by atoms with Crippen molar-refractivity contribution in [2.24, 2.45) is 0 Å². The predicted octanol–water partition coefficient (Wildman–Crippen LogP) is 2.68. The number of aromatic nitrogens is 2. The van der Waals surface area contributed by atoms with Crippen molar-refractivity contribution in [2.45, 2.75) is 52.6 Å². The Kier molecular flexibility index (Phi) is 4.48. The van der Waals surface area contributed by atoms with Gasteiger partial charge >= 0.3 is 0 Å². The molecule has 1 saturated heterocycles. The molecular weight excluding hydrogens is 254 g/mol. The molecular formula is C15H25N3O2. The van der Waals surface area contributed by atoms with Crippen molar-refractivity contribution in [1.29, 1.82) is 0 Å². The Morgan fingerprint density at radius 1 is 1.30 bits per heavy atom. The summed E-state index contributed by atoms with van der Waals surface area (Å²) in [7, 11) is 0. The minimum absolute atomic E-state index is 0.107. The lowest BCUT2D eigenvalue weighted by Gasteiger charge is -2.28. The van der Waals surface area contributed by atoms with Crippen molar-refractivity contribution in [3.05, 3.63) is 11.4 Å². The quantitative estimate of drug-likeness (QED) is 0.898. The van der Waals surface area contributed by atoms with Gasteiger partial charge in [-0.3, -0.25) is 0 Å². The maximum absolute atomic E-state index is 5.92. The highest BCUT2D eigenvalue weighted by Gasteiger charge is 2.25. The van der Waals surface area contributed by atoms with Crippen LogP contribution < -0.4 is 10.1 Å². The largest absolute Gasteiger partial charge is 0.469 e. The second-order valence-electron chi connectivity index (χ2n) is 6.28. The molecule has 1 aromatic heterocycles. The minimum Gasteiger partial charge on any atom is -0.469 e. The van der Waals surface area contributed by atoms with Gasteiger partial charge in [0.1, 0.15) is 17.7 Å². The van der Waals surface area contributed by atoms with E-state index in [0.717, 1.165) is 30.2 Å². The fourth-order valence-corrected chi connectivity index (χ4v) is 1.80. The maximum Gasteiger partial charge on any atom is 0.222 e. The third kappa shape index (κ3) is 3.39. The monoisotopic (exact) mass is 279 g/mol. The van der Waals surface area contributed by atoms with Gasteiger partial charge in [-0.25, -0.2) is 4.98 Å². The molecule has 2 heterocycles. The lowest BCUT2D eigenvalue weighted by molar-refractivity contribution is -0.0817. The molecule has 0 radical (unpaired) electrons. The van der Waals surface area contributed by atoms with Crippen LogP contribution in [0.1, 0.15) is 45.5 Å². The highest BCUT2D eigenvalue weighted by molar-refractivity contribution is 5.49. The van der Waals surface area contributed by atoms with E-state index in [1.54, 1.807) is 0 Å². The van der Waals surface area contributed by atoms with E-state index >= 15 is 0 Å². The molecule has 0 aromatic carbocycles. The van der Waals surface area contributed by atoms with E-state index in [4.69, 9.17) is 9.47 Å². The zero-order valence-electron chi connectivity index (χ0n) is 13.1. The van der Waals surface area contributed by atoms with E-state index in [-0.39, 0.29) is 11.5 Å². The zero-order chi connectivity index (χ0) is 14.8. The van der Waals surface area contributed by atoms with Gasteiger partial charge < -0.3 is 14.8 Å². The molecule has 5 heteroatoms. The van der Waals surface area contributed by atoms with Crippen molar-refractivity contribution in [1.82, 2.24) is 9.97 Å². The number of hydrogen-bond acceptors (Lipinski definition) is 5. The number of ether oxygens (including phenoxy) is 2. The summed E-state index contributed by atoms with van der Waals surface area (Å²) in [5, 5.41) is 3.36. The molecule has 20 heavy (non-hydrogen) atoms. The average Bonchev–Trinajstić information content (AvgIpc) is 2.32. The number of hydrogen-bond donors (Lipinski definition) is 1. The summed E-state index contributed by atoms with van der Waals surface area (Å²) in [6.45, 7) is 12.6. The van der Waals surface area contributed by atoms with Crippen molar-refractivity contribution in [3.63, 3.8) is 0 Å². The van der Waals surface area contributed by atoms with Gasteiger partial charge in [0, 0.05) is 12.0 Å². The normalized spacial score (nSPS) is 15.8. The molecule has 0 spiro atoms. The van der Waals surface area contributed by atoms with E-state index in [9.17, 15) is 0 Å². The standard InChI is InChI=1S/C15H25N3O2/c1-6-7-16-12-10(2)13(20-11-8-19-9-11)18-14(17-12)15(3,4)5/h11H,6-9H2,1-5H3,(H,16,17,18). The number of rotatable bonds is 5. The molecule has 0 saturated carbocycles. The van der Waals surface area contributed by atoms with Gasteiger partial charge in [0.15, 0.2) is 0 Å². The van der Waals surface area contributed by atoms with Crippen LogP contribution in [-0.4, -0.2) is 35.8 Å². The van der Waals surface area contributed by atoms with Crippen LogP contribution in [0.15, 0.2) is 0 Å². The van der Waals surface area contributed by atoms with Crippen molar-refractivity contribution in [3.8, 4) is 5.88 Å². The first-order valence-electron chi connectivity index (χ1n) is 7.29. The number of anilines is 1. The molecule has 0 atom stereocenters. The van der Waals surface area contributed by atoms with E-state index < -0.39 is 0 Å². The maximum atomic E-state index is 5.92. The van der Waals surface area contributed by atoms with Crippen LogP contribution in [0.3, 0.4) is 0 Å². The van der Waals surface area contributed by atoms with E-state index in [0.29, 0.717) is 19.1 Å². The van der Waals surface area contributed by atoms with Crippen LogP contribution >= 0.6 is 0 Å². The Balaban J connectivity index is 2.31. The molecule has 5 nitrogen and oxygen atoms in total. The molecule has 1 aliphatic heterocycles. The second kappa shape index (κ2) is 5.95. The molecule has 1 N–H and O–H groups in total. The topological polar surface area (TPSA) is 56.3 Å². The summed E-state index contributed by atoms with van der Waals surface area (Å²) < 4.78 is 11.1. The van der Waals surface area contributed by atoms with Gasteiger partial charge in [-0.05, 0) is 13.3 Å². The first-order valence-corrected chi connectivity index (χ1v) is 7.29. The van der Waals surface area contributed by atoms with Crippen LogP contribution in [0.5, 0.6) is 5.88 Å². The van der Waals surface area contributed by atoms with Gasteiger partial charge in [0.25, 0.3) is 0 Å². The molecule has 0 bridgehead atoms. The summed E-state index contributed by atoms with van der Waals surface area (Å²) in [5.41, 5.74) is 0.864. The van der Waals surface area contributed by atoms with Gasteiger partial charge in [-0.1, -0.05) is 27.7 Å². The smallest absolute Gasteiger partial charge is 0.222 e. The molecule has 1 fully saturated rings. The molecule has 0 amide bonds. The first-order chi connectivity index (χ1) is 9.41. The van der Waals surface area contributed by atoms with Gasteiger partial charge in [0.2, 0.25) is 5.88 Å². The van der Waals surface area contributed by atoms with Crippen LogP contribution in [-0.2, 0) is 10.2 Å². The van der Waals surface area contributed by atoms with Crippen LogP contribution in [0.4, 0.5) is 5.82 Å². The van der Waals surface area contributed by atoms with Crippen LogP contribution in [0, 0.1) is 6.92 Å². The lowest BCUT2D eigenvalue weighted by Crippen LogP contribution is -2.39. The van der Waals surface area contributed by atoms with Crippen molar-refractivity contribution in [2.75, 3.05) is 25.1 Å². The third-order valence-electron chi connectivity index (χ3n) is 3.20. The Labute approximate surface area is 121 Å². The average molecular weight is 279 g/mol. The third-order valence-corrected chi connectivity index (χ3v) is 3.20. The van der Waals surface area contributed by atoms with E-state index in [2.05, 4.69) is 43.0 Å². The molecule has 0 aliphatic carbocycles.